The van der Waals surface area contributed by atoms with Crippen molar-refractivity contribution in [2.24, 2.45) is 5.92 Å². The van der Waals surface area contributed by atoms with Crippen LogP contribution in [0.4, 0.5) is 0 Å². The second kappa shape index (κ2) is 6.06. The number of carbonyl (C=O) groups is 1. The van der Waals surface area contributed by atoms with Crippen LogP contribution < -0.4 is 9.46 Å². The standard InChI is InChI=1S/C14H18ClNO5S/c1-7(2)12(14(17)18)16-22(19,20)10-5-9-4-8(3)21-13(9)11(15)6-10/h5-8,12,16H,4H2,1-3H3,(H,17,18)/t8?,12-/m0/s1. The summed E-state index contributed by atoms with van der Waals surface area (Å²) in [5.74, 6) is -1.12. The van der Waals surface area contributed by atoms with Gasteiger partial charge < -0.3 is 9.84 Å². The molecule has 1 heterocycles. The lowest BCUT2D eigenvalue weighted by atomic mass is 10.1. The molecule has 0 aliphatic carbocycles. The Hall–Kier alpha value is -1.31. The second-order valence-corrected chi connectivity index (χ2v) is 7.83. The SMILES string of the molecule is CC1Cc2cc(S(=O)(=O)N[C@H](C(=O)O)C(C)C)cc(Cl)c2O1. The van der Waals surface area contributed by atoms with Gasteiger partial charge in [-0.1, -0.05) is 25.4 Å². The normalized spacial score (nSPS) is 18.9. The highest BCUT2D eigenvalue weighted by Gasteiger charge is 2.30. The van der Waals surface area contributed by atoms with Crippen molar-refractivity contribution in [1.82, 2.24) is 4.72 Å². The van der Waals surface area contributed by atoms with Crippen LogP contribution in [0.1, 0.15) is 26.3 Å². The number of hydrogen-bond acceptors (Lipinski definition) is 4. The highest BCUT2D eigenvalue weighted by molar-refractivity contribution is 7.89. The summed E-state index contributed by atoms with van der Waals surface area (Å²) < 4.78 is 32.6. The molecule has 1 aromatic carbocycles. The van der Waals surface area contributed by atoms with Gasteiger partial charge in [0.25, 0.3) is 0 Å². The number of nitrogens with one attached hydrogen (secondary N) is 1. The molecule has 6 nitrogen and oxygen atoms in total. The molecule has 0 spiro atoms. The number of halogens is 1. The minimum Gasteiger partial charge on any atom is -0.489 e. The molecule has 0 saturated carbocycles. The third kappa shape index (κ3) is 3.37. The fourth-order valence-electron chi connectivity index (χ4n) is 2.32. The number of benzene rings is 1. The van der Waals surface area contributed by atoms with Gasteiger partial charge in [0.1, 0.15) is 17.9 Å². The molecule has 0 saturated heterocycles. The molecule has 0 radical (unpaired) electrons. The summed E-state index contributed by atoms with van der Waals surface area (Å²) in [5.41, 5.74) is 0.705. The van der Waals surface area contributed by atoms with Crippen molar-refractivity contribution in [3.8, 4) is 5.75 Å². The quantitative estimate of drug-likeness (QED) is 0.850. The number of carboxylic acids is 1. The van der Waals surface area contributed by atoms with Crippen LogP contribution in [-0.2, 0) is 21.2 Å². The molecular formula is C14H18ClNO5S. The second-order valence-electron chi connectivity index (χ2n) is 5.71. The van der Waals surface area contributed by atoms with E-state index in [0.717, 1.165) is 0 Å². The van der Waals surface area contributed by atoms with Crippen molar-refractivity contribution in [2.75, 3.05) is 0 Å². The Morgan fingerprint density at radius 2 is 2.09 bits per heavy atom. The number of rotatable bonds is 5. The number of fused-ring (bicyclic) bond motifs is 1. The Labute approximate surface area is 134 Å². The van der Waals surface area contributed by atoms with E-state index in [1.54, 1.807) is 13.8 Å². The van der Waals surface area contributed by atoms with Gasteiger partial charge >= 0.3 is 5.97 Å². The van der Waals surface area contributed by atoms with Crippen LogP contribution in [0, 0.1) is 5.92 Å². The Balaban J connectivity index is 2.37. The average molecular weight is 348 g/mol. The number of sulfonamides is 1. The molecular weight excluding hydrogens is 330 g/mol. The fraction of sp³-hybridized carbons (Fsp3) is 0.500. The summed E-state index contributed by atoms with van der Waals surface area (Å²) in [7, 11) is -3.98. The van der Waals surface area contributed by atoms with Gasteiger partial charge in [-0.15, -0.1) is 0 Å². The van der Waals surface area contributed by atoms with Crippen LogP contribution >= 0.6 is 11.6 Å². The van der Waals surface area contributed by atoms with E-state index in [0.29, 0.717) is 17.7 Å². The van der Waals surface area contributed by atoms with Crippen LogP contribution in [0.15, 0.2) is 17.0 Å². The van der Waals surface area contributed by atoms with Crippen molar-refractivity contribution in [2.45, 2.75) is 44.2 Å². The first-order valence-corrected chi connectivity index (χ1v) is 8.72. The first-order valence-electron chi connectivity index (χ1n) is 6.86. The predicted octanol–water partition coefficient (Wildman–Crippen LogP) is 2.05. The van der Waals surface area contributed by atoms with Crippen LogP contribution in [0.3, 0.4) is 0 Å². The zero-order valence-electron chi connectivity index (χ0n) is 12.5. The lowest BCUT2D eigenvalue weighted by molar-refractivity contribution is -0.140. The molecule has 0 amide bonds. The van der Waals surface area contributed by atoms with Gasteiger partial charge in [-0.25, -0.2) is 8.42 Å². The molecule has 1 aliphatic heterocycles. The van der Waals surface area contributed by atoms with E-state index in [9.17, 15) is 13.2 Å². The van der Waals surface area contributed by atoms with Crippen molar-refractivity contribution in [1.29, 1.82) is 0 Å². The third-order valence-electron chi connectivity index (χ3n) is 3.45. The summed E-state index contributed by atoms with van der Waals surface area (Å²) in [4.78, 5) is 11.1. The molecule has 8 heteroatoms. The summed E-state index contributed by atoms with van der Waals surface area (Å²) in [5, 5.41) is 9.33. The van der Waals surface area contributed by atoms with E-state index in [2.05, 4.69) is 4.72 Å². The zero-order valence-corrected chi connectivity index (χ0v) is 14.0. The van der Waals surface area contributed by atoms with Gasteiger partial charge in [0.05, 0.1) is 9.92 Å². The Kier molecular flexibility index (Phi) is 4.70. The van der Waals surface area contributed by atoms with Crippen molar-refractivity contribution in [3.05, 3.63) is 22.7 Å². The van der Waals surface area contributed by atoms with Crippen LogP contribution in [0.25, 0.3) is 0 Å². The largest absolute Gasteiger partial charge is 0.489 e. The molecule has 0 aromatic heterocycles. The minimum absolute atomic E-state index is 0.0548. The number of aliphatic carboxylic acids is 1. The number of carboxylic acid groups (broad SMARTS) is 1. The van der Waals surface area contributed by atoms with E-state index in [4.69, 9.17) is 21.4 Å². The summed E-state index contributed by atoms with van der Waals surface area (Å²) in [6.07, 6.45) is 0.492. The van der Waals surface area contributed by atoms with Gasteiger partial charge in [-0.3, -0.25) is 4.79 Å². The number of ether oxygens (including phenoxy) is 1. The smallest absolute Gasteiger partial charge is 0.322 e. The Morgan fingerprint density at radius 1 is 1.45 bits per heavy atom. The molecule has 1 aromatic rings. The molecule has 1 unspecified atom stereocenters. The van der Waals surface area contributed by atoms with E-state index in [1.165, 1.54) is 12.1 Å². The zero-order chi connectivity index (χ0) is 16.7. The van der Waals surface area contributed by atoms with Gasteiger partial charge in [-0.2, -0.15) is 4.72 Å². The van der Waals surface area contributed by atoms with Crippen LogP contribution in [0.2, 0.25) is 5.02 Å². The van der Waals surface area contributed by atoms with E-state index in [1.807, 2.05) is 6.92 Å². The van der Waals surface area contributed by atoms with E-state index in [-0.39, 0.29) is 21.9 Å². The maximum atomic E-state index is 12.4. The van der Waals surface area contributed by atoms with Crippen molar-refractivity contribution >= 4 is 27.6 Å². The summed E-state index contributed by atoms with van der Waals surface area (Å²) in [6, 6.07) is 1.55. The van der Waals surface area contributed by atoms with Gasteiger partial charge in [0, 0.05) is 12.0 Å². The fourth-order valence-corrected chi connectivity index (χ4v) is 4.08. The highest BCUT2D eigenvalue weighted by Crippen LogP contribution is 2.38. The van der Waals surface area contributed by atoms with Crippen LogP contribution in [0.5, 0.6) is 5.75 Å². The number of hydrogen-bond donors (Lipinski definition) is 2. The molecule has 2 N–H and O–H groups in total. The molecule has 1 aliphatic rings. The van der Waals surface area contributed by atoms with Crippen molar-refractivity contribution in [3.63, 3.8) is 0 Å². The van der Waals surface area contributed by atoms with E-state index < -0.39 is 22.0 Å². The molecule has 22 heavy (non-hydrogen) atoms. The highest BCUT2D eigenvalue weighted by atomic mass is 35.5. The molecule has 0 bridgehead atoms. The molecule has 2 rings (SSSR count). The Bertz CT molecular complexity index is 701. The summed E-state index contributed by atoms with van der Waals surface area (Å²) in [6.45, 7) is 5.13. The van der Waals surface area contributed by atoms with Gasteiger partial charge in [0.2, 0.25) is 10.0 Å². The first-order chi connectivity index (χ1) is 10.1. The Morgan fingerprint density at radius 3 is 2.64 bits per heavy atom. The third-order valence-corrected chi connectivity index (χ3v) is 5.15. The maximum Gasteiger partial charge on any atom is 0.322 e. The molecule has 2 atom stereocenters. The molecule has 0 fully saturated rings. The minimum atomic E-state index is -3.98. The monoisotopic (exact) mass is 347 g/mol. The van der Waals surface area contributed by atoms with Gasteiger partial charge in [-0.05, 0) is 25.0 Å². The summed E-state index contributed by atoms with van der Waals surface area (Å²) >= 11 is 6.07. The lowest BCUT2D eigenvalue weighted by Gasteiger charge is -2.18. The predicted molar refractivity (Wildman–Crippen MR) is 81.8 cm³/mol. The lowest BCUT2D eigenvalue weighted by Crippen LogP contribution is -2.44. The average Bonchev–Trinajstić information content (AvgIpc) is 2.76. The van der Waals surface area contributed by atoms with Crippen molar-refractivity contribution < 1.29 is 23.1 Å². The first kappa shape index (κ1) is 17.1. The van der Waals surface area contributed by atoms with E-state index >= 15 is 0 Å². The van der Waals surface area contributed by atoms with Gasteiger partial charge in [0.15, 0.2) is 0 Å². The van der Waals surface area contributed by atoms with Crippen LogP contribution in [-0.4, -0.2) is 31.6 Å². The topological polar surface area (TPSA) is 92.7 Å². The maximum absolute atomic E-state index is 12.4. The molecule has 122 valence electrons.